The summed E-state index contributed by atoms with van der Waals surface area (Å²) in [5, 5.41) is 3.73. The summed E-state index contributed by atoms with van der Waals surface area (Å²) < 4.78 is 11.8. The highest BCUT2D eigenvalue weighted by molar-refractivity contribution is 5.66. The first kappa shape index (κ1) is 21.0. The molecule has 2 aromatic rings. The van der Waals surface area contributed by atoms with E-state index in [1.54, 1.807) is 7.11 Å². The summed E-state index contributed by atoms with van der Waals surface area (Å²) in [6.07, 6.45) is 4.27. The predicted molar refractivity (Wildman–Crippen MR) is 123 cm³/mol. The van der Waals surface area contributed by atoms with Crippen LogP contribution in [0.4, 0.5) is 0 Å². The molecule has 0 bridgehead atoms. The molecule has 0 spiro atoms. The van der Waals surface area contributed by atoms with Gasteiger partial charge in [0, 0.05) is 37.8 Å². The average molecular weight is 407 g/mol. The molecule has 2 aliphatic heterocycles. The molecule has 1 fully saturated rings. The minimum atomic E-state index is -0.308. The van der Waals surface area contributed by atoms with Gasteiger partial charge in [0.2, 0.25) is 0 Å². The second-order valence-electron chi connectivity index (χ2n) is 9.28. The molecule has 2 heterocycles. The molecule has 1 atom stereocenters. The quantitative estimate of drug-likeness (QED) is 0.745. The Morgan fingerprint density at radius 2 is 2.03 bits per heavy atom. The van der Waals surface area contributed by atoms with E-state index in [4.69, 9.17) is 9.47 Å². The third kappa shape index (κ3) is 4.40. The number of ether oxygens (including phenoxy) is 2. The Labute approximate surface area is 180 Å². The van der Waals surface area contributed by atoms with Crippen LogP contribution in [0, 0.1) is 0 Å². The fourth-order valence-electron chi connectivity index (χ4n) is 4.52. The zero-order valence-electron chi connectivity index (χ0n) is 18.9. The van der Waals surface area contributed by atoms with Crippen LogP contribution >= 0.6 is 0 Å². The molecule has 0 aliphatic carbocycles. The Hall–Kier alpha value is -2.30. The summed E-state index contributed by atoms with van der Waals surface area (Å²) in [5.74, 6) is 2.19. The number of piperazine rings is 1. The van der Waals surface area contributed by atoms with Crippen LogP contribution in [0.25, 0.3) is 6.08 Å². The third-order valence-corrected chi connectivity index (χ3v) is 6.05. The normalized spacial score (nSPS) is 20.7. The molecule has 160 valence electrons. The molecule has 1 N–H and O–H groups in total. The summed E-state index contributed by atoms with van der Waals surface area (Å²) in [7, 11) is 1.72. The van der Waals surface area contributed by atoms with Gasteiger partial charge in [0.05, 0.1) is 7.11 Å². The maximum atomic E-state index is 6.16. The van der Waals surface area contributed by atoms with E-state index in [0.717, 1.165) is 43.2 Å². The van der Waals surface area contributed by atoms with Gasteiger partial charge in [0.15, 0.2) is 11.5 Å². The number of rotatable bonds is 5. The second kappa shape index (κ2) is 8.44. The second-order valence-corrected chi connectivity index (χ2v) is 9.28. The predicted octanol–water partition coefficient (Wildman–Crippen LogP) is 5.15. The van der Waals surface area contributed by atoms with Gasteiger partial charge < -0.3 is 14.8 Å². The maximum absolute atomic E-state index is 6.16. The van der Waals surface area contributed by atoms with Crippen molar-refractivity contribution >= 4 is 6.08 Å². The van der Waals surface area contributed by atoms with E-state index in [9.17, 15) is 0 Å². The molecule has 4 heteroatoms. The summed E-state index contributed by atoms with van der Waals surface area (Å²) >= 11 is 0. The van der Waals surface area contributed by atoms with E-state index in [2.05, 4.69) is 86.5 Å². The van der Waals surface area contributed by atoms with Gasteiger partial charge in [0.25, 0.3) is 0 Å². The first-order valence-electron chi connectivity index (χ1n) is 11.0. The molecule has 30 heavy (non-hydrogen) atoms. The highest BCUT2D eigenvalue weighted by Crippen LogP contribution is 2.40. The SMILES string of the molecule is COc1cc(CN2CCNC(c3ccccc3C(C)C)C2)cc2c1OC(C)(C)C=C2. The standard InChI is InChI=1S/C26H34N2O2/c1-18(2)21-8-6-7-9-22(21)23-17-28(13-12-27-23)16-19-14-20-10-11-26(3,4)30-25(20)24(15-19)29-5/h6-11,14-15,18,23,27H,12-13,16-17H2,1-5H3. The molecule has 0 amide bonds. The van der Waals surface area contributed by atoms with Crippen LogP contribution < -0.4 is 14.8 Å². The van der Waals surface area contributed by atoms with E-state index < -0.39 is 0 Å². The number of hydrogen-bond donors (Lipinski definition) is 1. The Morgan fingerprint density at radius 1 is 1.23 bits per heavy atom. The summed E-state index contributed by atoms with van der Waals surface area (Å²) in [5.41, 5.74) is 4.92. The van der Waals surface area contributed by atoms with Gasteiger partial charge in [-0.1, -0.05) is 44.2 Å². The van der Waals surface area contributed by atoms with Gasteiger partial charge in [-0.05, 0) is 54.7 Å². The van der Waals surface area contributed by atoms with Crippen molar-refractivity contribution in [3.05, 3.63) is 64.7 Å². The monoisotopic (exact) mass is 406 g/mol. The van der Waals surface area contributed by atoms with E-state index in [-0.39, 0.29) is 5.60 Å². The minimum absolute atomic E-state index is 0.308. The molecule has 0 aromatic heterocycles. The molecule has 1 unspecified atom stereocenters. The van der Waals surface area contributed by atoms with Gasteiger partial charge in [-0.2, -0.15) is 0 Å². The zero-order chi connectivity index (χ0) is 21.3. The number of hydrogen-bond acceptors (Lipinski definition) is 4. The molecule has 2 aromatic carbocycles. The first-order chi connectivity index (χ1) is 14.4. The summed E-state index contributed by atoms with van der Waals surface area (Å²) in [4.78, 5) is 2.54. The smallest absolute Gasteiger partial charge is 0.169 e. The molecule has 0 saturated carbocycles. The fraction of sp³-hybridized carbons (Fsp3) is 0.462. The minimum Gasteiger partial charge on any atom is -0.493 e. The zero-order valence-corrected chi connectivity index (χ0v) is 18.9. The van der Waals surface area contributed by atoms with Crippen molar-refractivity contribution in [2.24, 2.45) is 0 Å². The molecule has 2 aliphatic rings. The number of methoxy groups -OCH3 is 1. The van der Waals surface area contributed by atoms with Gasteiger partial charge in [-0.3, -0.25) is 4.90 Å². The van der Waals surface area contributed by atoms with Crippen LogP contribution in [0.15, 0.2) is 42.5 Å². The summed E-state index contributed by atoms with van der Waals surface area (Å²) in [6.45, 7) is 12.6. The summed E-state index contributed by atoms with van der Waals surface area (Å²) in [6, 6.07) is 13.6. The topological polar surface area (TPSA) is 33.7 Å². The maximum Gasteiger partial charge on any atom is 0.169 e. The van der Waals surface area contributed by atoms with Crippen LogP contribution in [-0.2, 0) is 6.54 Å². The van der Waals surface area contributed by atoms with Crippen LogP contribution in [0.3, 0.4) is 0 Å². The van der Waals surface area contributed by atoms with Gasteiger partial charge in [0.1, 0.15) is 5.60 Å². The van der Waals surface area contributed by atoms with Crippen LogP contribution in [0.1, 0.15) is 61.9 Å². The van der Waals surface area contributed by atoms with Gasteiger partial charge >= 0.3 is 0 Å². The molecule has 0 radical (unpaired) electrons. The lowest BCUT2D eigenvalue weighted by atomic mass is 9.91. The fourth-order valence-corrected chi connectivity index (χ4v) is 4.52. The number of nitrogens with one attached hydrogen (secondary N) is 1. The lowest BCUT2D eigenvalue weighted by Gasteiger charge is -2.35. The highest BCUT2D eigenvalue weighted by Gasteiger charge is 2.27. The molecule has 4 rings (SSSR count). The van der Waals surface area contributed by atoms with Gasteiger partial charge in [-0.25, -0.2) is 0 Å². The van der Waals surface area contributed by atoms with E-state index in [1.807, 2.05) is 0 Å². The van der Waals surface area contributed by atoms with Crippen molar-refractivity contribution in [2.45, 2.75) is 51.8 Å². The van der Waals surface area contributed by atoms with Crippen LogP contribution in [0.2, 0.25) is 0 Å². The van der Waals surface area contributed by atoms with Crippen LogP contribution in [-0.4, -0.2) is 37.2 Å². The van der Waals surface area contributed by atoms with Crippen LogP contribution in [0.5, 0.6) is 11.5 Å². The van der Waals surface area contributed by atoms with Crippen molar-refractivity contribution in [3.8, 4) is 11.5 Å². The van der Waals surface area contributed by atoms with Crippen molar-refractivity contribution in [1.82, 2.24) is 10.2 Å². The molecule has 1 saturated heterocycles. The van der Waals surface area contributed by atoms with Crippen molar-refractivity contribution in [3.63, 3.8) is 0 Å². The highest BCUT2D eigenvalue weighted by atomic mass is 16.5. The number of nitrogens with zero attached hydrogens (tertiary/aromatic N) is 1. The first-order valence-corrected chi connectivity index (χ1v) is 11.0. The Balaban J connectivity index is 1.54. The van der Waals surface area contributed by atoms with Crippen molar-refractivity contribution < 1.29 is 9.47 Å². The molecular formula is C26H34N2O2. The lowest BCUT2D eigenvalue weighted by molar-refractivity contribution is 0.152. The Bertz CT molecular complexity index is 933. The van der Waals surface area contributed by atoms with E-state index >= 15 is 0 Å². The molecule has 4 nitrogen and oxygen atoms in total. The molecular weight excluding hydrogens is 372 g/mol. The van der Waals surface area contributed by atoms with Crippen molar-refractivity contribution in [2.75, 3.05) is 26.7 Å². The van der Waals surface area contributed by atoms with Crippen molar-refractivity contribution in [1.29, 1.82) is 0 Å². The Kier molecular flexibility index (Phi) is 5.90. The Morgan fingerprint density at radius 3 is 2.80 bits per heavy atom. The number of fused-ring (bicyclic) bond motifs is 1. The number of benzene rings is 2. The van der Waals surface area contributed by atoms with E-state index in [0.29, 0.717) is 12.0 Å². The van der Waals surface area contributed by atoms with Gasteiger partial charge in [-0.15, -0.1) is 0 Å². The lowest BCUT2D eigenvalue weighted by Crippen LogP contribution is -2.45. The largest absolute Gasteiger partial charge is 0.493 e. The van der Waals surface area contributed by atoms with E-state index in [1.165, 1.54) is 16.7 Å². The third-order valence-electron chi connectivity index (χ3n) is 6.05. The average Bonchev–Trinajstić information content (AvgIpc) is 2.73.